The van der Waals surface area contributed by atoms with Crippen molar-refractivity contribution in [1.82, 2.24) is 15.5 Å². The van der Waals surface area contributed by atoms with Crippen LogP contribution >= 0.6 is 12.4 Å². The third-order valence-corrected chi connectivity index (χ3v) is 4.08. The highest BCUT2D eigenvalue weighted by Crippen LogP contribution is 2.11. The van der Waals surface area contributed by atoms with E-state index >= 15 is 0 Å². The van der Waals surface area contributed by atoms with Gasteiger partial charge in [0.1, 0.15) is 0 Å². The summed E-state index contributed by atoms with van der Waals surface area (Å²) in [6.45, 7) is 8.49. The van der Waals surface area contributed by atoms with Crippen LogP contribution in [0.15, 0.2) is 0 Å². The Labute approximate surface area is 150 Å². The predicted molar refractivity (Wildman–Crippen MR) is 95.7 cm³/mol. The van der Waals surface area contributed by atoms with Gasteiger partial charge >= 0.3 is 0 Å². The molecule has 8 heteroatoms. The molecule has 3 amide bonds. The summed E-state index contributed by atoms with van der Waals surface area (Å²) in [7, 11) is 0. The first-order chi connectivity index (χ1) is 10.7. The zero-order chi connectivity index (χ0) is 17.6. The second kappa shape index (κ2) is 10.5. The van der Waals surface area contributed by atoms with E-state index in [-0.39, 0.29) is 54.6 Å². The number of nitrogens with two attached hydrogens (primary N) is 1. The predicted octanol–water partition coefficient (Wildman–Crippen LogP) is 0.271. The second-order valence-electron chi connectivity index (χ2n) is 6.83. The van der Waals surface area contributed by atoms with Crippen molar-refractivity contribution in [2.24, 2.45) is 17.6 Å². The molecule has 7 nitrogen and oxygen atoms in total. The minimum absolute atomic E-state index is 0. The Balaban J connectivity index is 0.00000529. The quantitative estimate of drug-likeness (QED) is 0.630. The van der Waals surface area contributed by atoms with Crippen LogP contribution in [0.25, 0.3) is 0 Å². The Morgan fingerprint density at radius 2 is 1.79 bits per heavy atom. The van der Waals surface area contributed by atoms with Crippen LogP contribution in [0.3, 0.4) is 0 Å². The van der Waals surface area contributed by atoms with Crippen molar-refractivity contribution < 1.29 is 14.4 Å². The topological polar surface area (TPSA) is 105 Å². The van der Waals surface area contributed by atoms with Crippen molar-refractivity contribution in [3.8, 4) is 0 Å². The van der Waals surface area contributed by atoms with Crippen LogP contribution in [0, 0.1) is 11.8 Å². The fourth-order valence-corrected chi connectivity index (χ4v) is 2.38. The van der Waals surface area contributed by atoms with Crippen LogP contribution in [0.1, 0.15) is 40.5 Å². The van der Waals surface area contributed by atoms with E-state index in [9.17, 15) is 14.4 Å². The van der Waals surface area contributed by atoms with Crippen molar-refractivity contribution in [3.63, 3.8) is 0 Å². The monoisotopic (exact) mass is 362 g/mol. The minimum Gasteiger partial charge on any atom is -0.351 e. The van der Waals surface area contributed by atoms with Crippen LogP contribution in [-0.4, -0.2) is 54.3 Å². The first-order valence-corrected chi connectivity index (χ1v) is 8.33. The molecule has 2 atom stereocenters. The minimum atomic E-state index is -0.609. The normalized spacial score (nSPS) is 18.8. The van der Waals surface area contributed by atoms with Gasteiger partial charge in [0.25, 0.3) is 0 Å². The van der Waals surface area contributed by atoms with Gasteiger partial charge in [-0.1, -0.05) is 27.7 Å². The highest BCUT2D eigenvalue weighted by Gasteiger charge is 2.26. The molecule has 0 saturated carbocycles. The van der Waals surface area contributed by atoms with E-state index in [2.05, 4.69) is 10.6 Å². The number of hydrogen-bond donors (Lipinski definition) is 3. The number of halogens is 1. The number of likely N-dealkylation sites (tertiary alicyclic amines) is 1. The van der Waals surface area contributed by atoms with Gasteiger partial charge in [0.15, 0.2) is 0 Å². The number of carbonyl (C=O) groups excluding carboxylic acids is 3. The highest BCUT2D eigenvalue weighted by atomic mass is 35.5. The Morgan fingerprint density at radius 1 is 1.17 bits per heavy atom. The van der Waals surface area contributed by atoms with Crippen LogP contribution in [0.5, 0.6) is 0 Å². The lowest BCUT2D eigenvalue weighted by atomic mass is 10.0. The maximum atomic E-state index is 12.2. The summed E-state index contributed by atoms with van der Waals surface area (Å²) >= 11 is 0. The summed E-state index contributed by atoms with van der Waals surface area (Å²) in [4.78, 5) is 37.5. The van der Waals surface area contributed by atoms with Crippen molar-refractivity contribution in [2.45, 2.75) is 52.6 Å². The lowest BCUT2D eigenvalue weighted by molar-refractivity contribution is -0.135. The van der Waals surface area contributed by atoms with E-state index in [1.165, 1.54) is 0 Å². The van der Waals surface area contributed by atoms with Crippen LogP contribution in [0.2, 0.25) is 0 Å². The molecule has 0 bridgehead atoms. The average Bonchev–Trinajstić information content (AvgIpc) is 2.51. The largest absolute Gasteiger partial charge is 0.351 e. The Hall–Kier alpha value is -1.34. The molecule has 1 heterocycles. The van der Waals surface area contributed by atoms with Gasteiger partial charge < -0.3 is 21.3 Å². The highest BCUT2D eigenvalue weighted by molar-refractivity contribution is 5.87. The molecular weight excluding hydrogens is 332 g/mol. The third kappa shape index (κ3) is 7.05. The van der Waals surface area contributed by atoms with Gasteiger partial charge in [-0.15, -0.1) is 12.4 Å². The van der Waals surface area contributed by atoms with Gasteiger partial charge in [0.2, 0.25) is 17.7 Å². The molecule has 140 valence electrons. The van der Waals surface area contributed by atoms with Crippen LogP contribution < -0.4 is 16.4 Å². The van der Waals surface area contributed by atoms with E-state index in [1.54, 1.807) is 4.90 Å². The van der Waals surface area contributed by atoms with E-state index in [0.29, 0.717) is 13.1 Å². The fourth-order valence-electron chi connectivity index (χ4n) is 2.38. The number of nitrogens with one attached hydrogen (secondary N) is 2. The SMILES string of the molecule is CC(C)C(=O)NC1CCCN(C(=O)CNC(=O)[C@@H](N)C(C)C)C1.Cl. The molecule has 1 rings (SSSR count). The summed E-state index contributed by atoms with van der Waals surface area (Å²) in [5.74, 6) is -0.498. The van der Waals surface area contributed by atoms with Crippen molar-refractivity contribution in [1.29, 1.82) is 0 Å². The molecule has 0 aromatic rings. The van der Waals surface area contributed by atoms with Gasteiger partial charge in [-0.3, -0.25) is 14.4 Å². The molecular formula is C16H31ClN4O3. The van der Waals surface area contributed by atoms with E-state index < -0.39 is 6.04 Å². The standard InChI is InChI=1S/C16H30N4O3.ClH/c1-10(2)14(17)16(23)18-8-13(21)20-7-5-6-12(9-20)19-15(22)11(3)4;/h10-12,14H,5-9,17H2,1-4H3,(H,18,23)(H,19,22);1H/t12?,14-;/m0./s1. The van der Waals surface area contributed by atoms with Gasteiger partial charge in [-0.2, -0.15) is 0 Å². The lowest BCUT2D eigenvalue weighted by Gasteiger charge is -2.33. The summed E-state index contributed by atoms with van der Waals surface area (Å²) in [5, 5.41) is 5.55. The molecule has 1 unspecified atom stereocenters. The third-order valence-electron chi connectivity index (χ3n) is 4.08. The van der Waals surface area contributed by atoms with Crippen LogP contribution in [0.4, 0.5) is 0 Å². The summed E-state index contributed by atoms with van der Waals surface area (Å²) in [6, 6.07) is -0.626. The number of rotatable bonds is 6. The Kier molecular flexibility index (Phi) is 9.92. The van der Waals surface area contributed by atoms with E-state index in [4.69, 9.17) is 5.73 Å². The number of piperidine rings is 1. The zero-order valence-electron chi connectivity index (χ0n) is 15.0. The molecule has 1 aliphatic heterocycles. The van der Waals surface area contributed by atoms with E-state index in [1.807, 2.05) is 27.7 Å². The Bertz CT molecular complexity index is 443. The number of nitrogens with zero attached hydrogens (tertiary/aromatic N) is 1. The molecule has 0 aromatic heterocycles. The number of hydrogen-bond acceptors (Lipinski definition) is 4. The molecule has 0 radical (unpaired) electrons. The molecule has 4 N–H and O–H groups in total. The van der Waals surface area contributed by atoms with Gasteiger partial charge in [0.05, 0.1) is 12.6 Å². The van der Waals surface area contributed by atoms with Crippen molar-refractivity contribution >= 4 is 30.1 Å². The molecule has 24 heavy (non-hydrogen) atoms. The number of carbonyl (C=O) groups is 3. The lowest BCUT2D eigenvalue weighted by Crippen LogP contribution is -2.53. The van der Waals surface area contributed by atoms with Crippen molar-refractivity contribution in [2.75, 3.05) is 19.6 Å². The van der Waals surface area contributed by atoms with Gasteiger partial charge in [0, 0.05) is 25.0 Å². The molecule has 1 aliphatic rings. The fraction of sp³-hybridized carbons (Fsp3) is 0.812. The smallest absolute Gasteiger partial charge is 0.242 e. The molecule has 1 saturated heterocycles. The zero-order valence-corrected chi connectivity index (χ0v) is 15.8. The van der Waals surface area contributed by atoms with E-state index in [0.717, 1.165) is 12.8 Å². The Morgan fingerprint density at radius 3 is 2.33 bits per heavy atom. The summed E-state index contributed by atoms with van der Waals surface area (Å²) < 4.78 is 0. The maximum Gasteiger partial charge on any atom is 0.242 e. The maximum absolute atomic E-state index is 12.2. The average molecular weight is 363 g/mol. The van der Waals surface area contributed by atoms with Gasteiger partial charge in [-0.25, -0.2) is 0 Å². The van der Waals surface area contributed by atoms with Crippen molar-refractivity contribution in [3.05, 3.63) is 0 Å². The molecule has 0 spiro atoms. The van der Waals surface area contributed by atoms with Crippen LogP contribution in [-0.2, 0) is 14.4 Å². The first-order valence-electron chi connectivity index (χ1n) is 8.33. The molecule has 0 aromatic carbocycles. The molecule has 1 fully saturated rings. The second-order valence-corrected chi connectivity index (χ2v) is 6.83. The summed E-state index contributed by atoms with van der Waals surface area (Å²) in [5.41, 5.74) is 5.75. The number of amides is 3. The summed E-state index contributed by atoms with van der Waals surface area (Å²) in [6.07, 6.45) is 1.71. The molecule has 0 aliphatic carbocycles. The first kappa shape index (κ1) is 22.7. The van der Waals surface area contributed by atoms with Gasteiger partial charge in [-0.05, 0) is 18.8 Å².